The van der Waals surface area contributed by atoms with Crippen LogP contribution in [0.1, 0.15) is 22.9 Å². The number of rotatable bonds is 4. The molecule has 4 rings (SSSR count). The Morgan fingerprint density at radius 3 is 2.55 bits per heavy atom. The van der Waals surface area contributed by atoms with Crippen molar-refractivity contribution in [2.45, 2.75) is 19.2 Å². The molecule has 0 amide bonds. The molecule has 0 saturated carbocycles. The molecule has 0 unspecified atom stereocenters. The molecule has 1 aliphatic rings. The van der Waals surface area contributed by atoms with Crippen molar-refractivity contribution in [3.63, 3.8) is 0 Å². The normalized spacial score (nSPS) is 17.1. The van der Waals surface area contributed by atoms with E-state index < -0.39 is 17.8 Å². The third-order valence-corrected chi connectivity index (χ3v) is 5.77. The number of aryl methyl sites for hydroxylation is 1. The minimum atomic E-state index is -4.33. The van der Waals surface area contributed by atoms with Crippen LogP contribution >= 0.6 is 0 Å². The molecule has 2 aromatic carbocycles. The van der Waals surface area contributed by atoms with Gasteiger partial charge in [0.1, 0.15) is 12.6 Å². The number of hydrogen-bond acceptors (Lipinski definition) is 2. The number of piperazine rings is 1. The lowest BCUT2D eigenvalue weighted by Gasteiger charge is -2.34. The maximum Gasteiger partial charge on any atom is 0.416 e. The number of nitrogens with one attached hydrogen (secondary N) is 2. The molecule has 154 valence electrons. The third-order valence-electron chi connectivity index (χ3n) is 5.77. The van der Waals surface area contributed by atoms with Gasteiger partial charge in [-0.25, -0.2) is 0 Å². The van der Waals surface area contributed by atoms with Crippen molar-refractivity contribution in [1.82, 2.24) is 4.98 Å². The van der Waals surface area contributed by atoms with Gasteiger partial charge in [-0.3, -0.25) is 0 Å². The highest BCUT2D eigenvalue weighted by atomic mass is 19.4. The van der Waals surface area contributed by atoms with Gasteiger partial charge in [0.2, 0.25) is 0 Å². The Bertz CT molecular complexity index is 990. The van der Waals surface area contributed by atoms with Crippen molar-refractivity contribution >= 4 is 16.6 Å². The van der Waals surface area contributed by atoms with Crippen LogP contribution in [0.3, 0.4) is 0 Å². The Kier molecular flexibility index (Phi) is 5.27. The number of hydrogen-bond donors (Lipinski definition) is 3. The number of H-pyrrole nitrogens is 1. The minimum Gasteiger partial charge on any atom is -0.382 e. The summed E-state index contributed by atoms with van der Waals surface area (Å²) < 4.78 is 38.9. The molecule has 0 radical (unpaired) electrons. The molecule has 1 aliphatic heterocycles. The predicted molar refractivity (Wildman–Crippen MR) is 107 cm³/mol. The van der Waals surface area contributed by atoms with Crippen molar-refractivity contribution in [2.75, 3.05) is 37.6 Å². The number of nitrogens with zero attached hydrogens (tertiary/aromatic N) is 1. The topological polar surface area (TPSA) is 43.7 Å². The van der Waals surface area contributed by atoms with E-state index in [-0.39, 0.29) is 0 Å². The first-order chi connectivity index (χ1) is 13.8. The Morgan fingerprint density at radius 2 is 1.83 bits per heavy atom. The third kappa shape index (κ3) is 4.11. The number of aliphatic hydroxyl groups excluding tert-OH is 1. The fourth-order valence-electron chi connectivity index (χ4n) is 4.27. The molecule has 2 heterocycles. The molecular formula is C22H25F3N3O+. The van der Waals surface area contributed by atoms with Crippen molar-refractivity contribution in [2.24, 2.45) is 0 Å². The van der Waals surface area contributed by atoms with Crippen molar-refractivity contribution < 1.29 is 23.2 Å². The van der Waals surface area contributed by atoms with Crippen LogP contribution in [0.15, 0.2) is 48.5 Å². The number of halogens is 3. The number of benzene rings is 2. The van der Waals surface area contributed by atoms with Crippen LogP contribution < -0.4 is 9.80 Å². The van der Waals surface area contributed by atoms with Gasteiger partial charge in [-0.05, 0) is 31.2 Å². The first-order valence-electron chi connectivity index (χ1n) is 9.84. The number of aromatic nitrogens is 1. The summed E-state index contributed by atoms with van der Waals surface area (Å²) in [5, 5.41) is 11.9. The van der Waals surface area contributed by atoms with E-state index in [1.54, 1.807) is 6.07 Å². The molecule has 0 spiro atoms. The van der Waals surface area contributed by atoms with Gasteiger partial charge in [0.25, 0.3) is 0 Å². The summed E-state index contributed by atoms with van der Waals surface area (Å²) in [4.78, 5) is 6.56. The lowest BCUT2D eigenvalue weighted by atomic mass is 10.0. The molecule has 3 aromatic rings. The lowest BCUT2D eigenvalue weighted by Crippen LogP contribution is -3.15. The summed E-state index contributed by atoms with van der Waals surface area (Å²) in [6.45, 7) is 5.43. The van der Waals surface area contributed by atoms with E-state index in [4.69, 9.17) is 0 Å². The number of fused-ring (bicyclic) bond motifs is 1. The van der Waals surface area contributed by atoms with Gasteiger partial charge in [0.05, 0.1) is 31.7 Å². The maximum atomic E-state index is 13.0. The van der Waals surface area contributed by atoms with Crippen molar-refractivity contribution in [1.29, 1.82) is 0 Å². The highest BCUT2D eigenvalue weighted by Crippen LogP contribution is 2.31. The quantitative estimate of drug-likeness (QED) is 0.626. The second-order valence-electron chi connectivity index (χ2n) is 7.71. The number of anilines is 1. The highest BCUT2D eigenvalue weighted by molar-refractivity contribution is 5.84. The fraction of sp³-hybridized carbons (Fsp3) is 0.364. The van der Waals surface area contributed by atoms with E-state index in [1.807, 2.05) is 36.1 Å². The molecule has 7 heteroatoms. The molecule has 1 atom stereocenters. The molecule has 4 nitrogen and oxygen atoms in total. The average molecular weight is 404 g/mol. The summed E-state index contributed by atoms with van der Waals surface area (Å²) in [6.07, 6.45) is -4.91. The SMILES string of the molecule is Cc1[nH]c2ccccc2c1[C@H](O)C[NH+]1CCN(c2cccc(C(F)(F)F)c2)CC1. The van der Waals surface area contributed by atoms with Gasteiger partial charge in [-0.15, -0.1) is 0 Å². The fourth-order valence-corrected chi connectivity index (χ4v) is 4.27. The molecule has 29 heavy (non-hydrogen) atoms. The van der Waals surface area contributed by atoms with Gasteiger partial charge in [0, 0.05) is 27.8 Å². The Balaban J connectivity index is 1.41. The number of aromatic amines is 1. The van der Waals surface area contributed by atoms with E-state index in [2.05, 4.69) is 4.98 Å². The molecule has 1 saturated heterocycles. The van der Waals surface area contributed by atoms with Gasteiger partial charge in [-0.2, -0.15) is 13.2 Å². The summed E-state index contributed by atoms with van der Waals surface area (Å²) in [6, 6.07) is 13.4. The van der Waals surface area contributed by atoms with Gasteiger partial charge < -0.3 is 19.9 Å². The zero-order valence-corrected chi connectivity index (χ0v) is 16.3. The Hall–Kier alpha value is -2.51. The first-order valence-corrected chi connectivity index (χ1v) is 9.84. The summed E-state index contributed by atoms with van der Waals surface area (Å²) in [5.74, 6) is 0. The first kappa shape index (κ1) is 19.8. The van der Waals surface area contributed by atoms with Crippen molar-refractivity contribution in [3.05, 3.63) is 65.4 Å². The number of quaternary nitrogens is 1. The van der Waals surface area contributed by atoms with Crippen LogP contribution in [0.4, 0.5) is 18.9 Å². The van der Waals surface area contributed by atoms with E-state index in [0.717, 1.165) is 41.3 Å². The van der Waals surface area contributed by atoms with Crippen LogP contribution in [-0.4, -0.2) is 42.8 Å². The largest absolute Gasteiger partial charge is 0.416 e. The monoisotopic (exact) mass is 404 g/mol. The minimum absolute atomic E-state index is 0.582. The van der Waals surface area contributed by atoms with Crippen LogP contribution in [-0.2, 0) is 6.18 Å². The molecule has 0 bridgehead atoms. The molecule has 3 N–H and O–H groups in total. The van der Waals surface area contributed by atoms with E-state index in [1.165, 1.54) is 17.0 Å². The molecule has 1 fully saturated rings. The van der Waals surface area contributed by atoms with E-state index >= 15 is 0 Å². The van der Waals surface area contributed by atoms with Crippen molar-refractivity contribution in [3.8, 4) is 0 Å². The number of aliphatic hydroxyl groups is 1. The second-order valence-corrected chi connectivity index (χ2v) is 7.71. The zero-order valence-electron chi connectivity index (χ0n) is 16.3. The molecule has 1 aromatic heterocycles. The van der Waals surface area contributed by atoms with Crippen LogP contribution in [0.25, 0.3) is 10.9 Å². The van der Waals surface area contributed by atoms with Gasteiger partial charge in [-0.1, -0.05) is 24.3 Å². The predicted octanol–water partition coefficient (Wildman–Crippen LogP) is 2.93. The molecular weight excluding hydrogens is 379 g/mol. The summed E-state index contributed by atoms with van der Waals surface area (Å²) in [5.41, 5.74) is 2.92. The average Bonchev–Trinajstić information content (AvgIpc) is 3.04. The van der Waals surface area contributed by atoms with Crippen LogP contribution in [0, 0.1) is 6.92 Å². The van der Waals surface area contributed by atoms with Crippen LogP contribution in [0.2, 0.25) is 0 Å². The summed E-state index contributed by atoms with van der Waals surface area (Å²) >= 11 is 0. The van der Waals surface area contributed by atoms with E-state index in [0.29, 0.717) is 25.3 Å². The number of para-hydroxylation sites is 1. The van der Waals surface area contributed by atoms with E-state index in [9.17, 15) is 18.3 Å². The van der Waals surface area contributed by atoms with Crippen LogP contribution in [0.5, 0.6) is 0 Å². The summed E-state index contributed by atoms with van der Waals surface area (Å²) in [7, 11) is 0. The lowest BCUT2D eigenvalue weighted by molar-refractivity contribution is -0.904. The molecule has 0 aliphatic carbocycles. The number of alkyl halides is 3. The maximum absolute atomic E-state index is 13.0. The standard InChI is InChI=1S/C22H24F3N3O/c1-15-21(18-7-2-3-8-19(18)26-15)20(29)14-27-9-11-28(12-10-27)17-6-4-5-16(13-17)22(23,24)25/h2-8,13,20,26,29H,9-12,14H2,1H3/p+1/t20-/m1/s1. The van der Waals surface area contributed by atoms with Gasteiger partial charge >= 0.3 is 6.18 Å². The Morgan fingerprint density at radius 1 is 1.10 bits per heavy atom. The Labute approximate surface area is 167 Å². The highest BCUT2D eigenvalue weighted by Gasteiger charge is 2.31. The smallest absolute Gasteiger partial charge is 0.382 e. The zero-order chi connectivity index (χ0) is 20.6. The second kappa shape index (κ2) is 7.72. The van der Waals surface area contributed by atoms with Gasteiger partial charge in [0.15, 0.2) is 0 Å².